The minimum atomic E-state index is 0.564. The minimum Gasteiger partial charge on any atom is -0.384 e. The summed E-state index contributed by atoms with van der Waals surface area (Å²) in [5, 5.41) is 9.10. The largest absolute Gasteiger partial charge is 0.384 e. The highest BCUT2D eigenvalue weighted by Crippen LogP contribution is 2.24. The van der Waals surface area contributed by atoms with Gasteiger partial charge in [-0.25, -0.2) is 0 Å². The van der Waals surface area contributed by atoms with Crippen molar-refractivity contribution in [2.75, 3.05) is 5.73 Å². The van der Waals surface area contributed by atoms with Crippen LogP contribution in [0.1, 0.15) is 27.9 Å². The lowest BCUT2D eigenvalue weighted by molar-refractivity contribution is 0.783. The molecule has 2 aromatic rings. The summed E-state index contributed by atoms with van der Waals surface area (Å²) in [6, 6.07) is 10.5. The first-order valence-corrected chi connectivity index (χ1v) is 5.95. The topological polar surface area (TPSA) is 54.7 Å². The van der Waals surface area contributed by atoms with Crippen molar-refractivity contribution < 1.29 is 0 Å². The van der Waals surface area contributed by atoms with Crippen LogP contribution in [-0.2, 0) is 6.54 Å². The number of nitrogens with two attached hydrogens (primary N) is 1. The molecule has 1 heterocycles. The maximum atomic E-state index is 9.10. The molecule has 0 amide bonds. The predicted molar refractivity (Wildman–Crippen MR) is 73.3 cm³/mol. The van der Waals surface area contributed by atoms with Crippen molar-refractivity contribution in [2.45, 2.75) is 27.3 Å². The normalized spacial score (nSPS) is 10.3. The highest BCUT2D eigenvalue weighted by atomic mass is 15.1. The summed E-state index contributed by atoms with van der Waals surface area (Å²) in [5.41, 5.74) is 11.1. The fraction of sp³-hybridized carbons (Fsp3) is 0.267. The van der Waals surface area contributed by atoms with Crippen LogP contribution in [0.5, 0.6) is 0 Å². The number of rotatable bonds is 2. The van der Waals surface area contributed by atoms with E-state index in [1.807, 2.05) is 24.5 Å². The molecule has 0 fully saturated rings. The molecule has 1 aromatic heterocycles. The summed E-state index contributed by atoms with van der Waals surface area (Å²) >= 11 is 0. The van der Waals surface area contributed by atoms with Crippen LogP contribution in [0.3, 0.4) is 0 Å². The van der Waals surface area contributed by atoms with E-state index in [1.165, 1.54) is 11.1 Å². The third kappa shape index (κ3) is 1.98. The second-order valence-electron chi connectivity index (χ2n) is 4.66. The number of nitrogen functional groups attached to an aromatic ring is 1. The van der Waals surface area contributed by atoms with Crippen molar-refractivity contribution in [3.63, 3.8) is 0 Å². The van der Waals surface area contributed by atoms with E-state index in [9.17, 15) is 0 Å². The SMILES string of the molecule is Cc1cccc(Cn2c(C)c(C)c(C#N)c2N)c1. The molecule has 0 unspecified atom stereocenters. The first kappa shape index (κ1) is 12.3. The van der Waals surface area contributed by atoms with E-state index in [0.717, 1.165) is 11.3 Å². The van der Waals surface area contributed by atoms with E-state index >= 15 is 0 Å². The van der Waals surface area contributed by atoms with E-state index < -0.39 is 0 Å². The summed E-state index contributed by atoms with van der Waals surface area (Å²) in [4.78, 5) is 0. The van der Waals surface area contributed by atoms with Crippen LogP contribution < -0.4 is 5.73 Å². The first-order valence-electron chi connectivity index (χ1n) is 5.95. The number of hydrogen-bond acceptors (Lipinski definition) is 2. The van der Waals surface area contributed by atoms with E-state index in [1.54, 1.807) is 0 Å². The molecular formula is C15H17N3. The third-order valence-electron chi connectivity index (χ3n) is 3.40. The van der Waals surface area contributed by atoms with Crippen molar-refractivity contribution >= 4 is 5.82 Å². The van der Waals surface area contributed by atoms with Crippen molar-refractivity contribution in [3.05, 3.63) is 52.2 Å². The Morgan fingerprint density at radius 1 is 1.28 bits per heavy atom. The molecule has 1 aromatic carbocycles. The Bertz CT molecular complexity index is 630. The molecule has 18 heavy (non-hydrogen) atoms. The van der Waals surface area contributed by atoms with Crippen molar-refractivity contribution in [1.29, 1.82) is 5.26 Å². The lowest BCUT2D eigenvalue weighted by Crippen LogP contribution is -2.06. The number of aryl methyl sites for hydroxylation is 1. The van der Waals surface area contributed by atoms with Gasteiger partial charge in [0.25, 0.3) is 0 Å². The fourth-order valence-corrected chi connectivity index (χ4v) is 2.23. The fourth-order valence-electron chi connectivity index (χ4n) is 2.23. The Balaban J connectivity index is 2.45. The van der Waals surface area contributed by atoms with Crippen LogP contribution in [0.15, 0.2) is 24.3 Å². The van der Waals surface area contributed by atoms with Crippen LogP contribution in [0.2, 0.25) is 0 Å². The zero-order chi connectivity index (χ0) is 13.3. The molecule has 0 radical (unpaired) electrons. The van der Waals surface area contributed by atoms with Crippen LogP contribution in [0.25, 0.3) is 0 Å². The lowest BCUT2D eigenvalue weighted by atomic mass is 10.1. The van der Waals surface area contributed by atoms with Crippen molar-refractivity contribution in [3.8, 4) is 6.07 Å². The maximum Gasteiger partial charge on any atom is 0.122 e. The molecule has 0 spiro atoms. The van der Waals surface area contributed by atoms with Crippen LogP contribution in [0, 0.1) is 32.1 Å². The Kier molecular flexibility index (Phi) is 3.12. The van der Waals surface area contributed by atoms with Crippen LogP contribution >= 0.6 is 0 Å². The van der Waals surface area contributed by atoms with Crippen LogP contribution in [-0.4, -0.2) is 4.57 Å². The quantitative estimate of drug-likeness (QED) is 0.876. The highest BCUT2D eigenvalue weighted by molar-refractivity contribution is 5.58. The first-order chi connectivity index (χ1) is 8.54. The summed E-state index contributed by atoms with van der Waals surface area (Å²) in [6.45, 7) is 6.72. The van der Waals surface area contributed by atoms with Crippen LogP contribution in [0.4, 0.5) is 5.82 Å². The van der Waals surface area contributed by atoms with Gasteiger partial charge in [-0.15, -0.1) is 0 Å². The zero-order valence-electron chi connectivity index (χ0n) is 11.0. The zero-order valence-corrected chi connectivity index (χ0v) is 11.0. The number of hydrogen-bond donors (Lipinski definition) is 1. The van der Waals surface area contributed by atoms with Crippen molar-refractivity contribution in [2.24, 2.45) is 0 Å². The van der Waals surface area contributed by atoms with Crippen molar-refractivity contribution in [1.82, 2.24) is 4.57 Å². The molecule has 92 valence electrons. The van der Waals surface area contributed by atoms with Gasteiger partial charge in [0.2, 0.25) is 0 Å². The molecule has 0 saturated carbocycles. The highest BCUT2D eigenvalue weighted by Gasteiger charge is 2.14. The van der Waals surface area contributed by atoms with E-state index in [-0.39, 0.29) is 0 Å². The molecular weight excluding hydrogens is 222 g/mol. The monoisotopic (exact) mass is 239 g/mol. The Morgan fingerprint density at radius 2 is 2.00 bits per heavy atom. The van der Waals surface area contributed by atoms with E-state index in [2.05, 4.69) is 31.2 Å². The third-order valence-corrected chi connectivity index (χ3v) is 3.40. The molecule has 0 bridgehead atoms. The van der Waals surface area contributed by atoms with E-state index in [4.69, 9.17) is 11.0 Å². The van der Waals surface area contributed by atoms with Gasteiger partial charge in [-0.05, 0) is 31.9 Å². The average molecular weight is 239 g/mol. The summed E-state index contributed by atoms with van der Waals surface area (Å²) < 4.78 is 2.00. The molecule has 3 heteroatoms. The van der Waals surface area contributed by atoms with Gasteiger partial charge in [-0.3, -0.25) is 0 Å². The second-order valence-corrected chi connectivity index (χ2v) is 4.66. The summed E-state index contributed by atoms with van der Waals surface area (Å²) in [6.07, 6.45) is 0. The lowest BCUT2D eigenvalue weighted by Gasteiger charge is -2.09. The Hall–Kier alpha value is -2.21. The van der Waals surface area contributed by atoms with Gasteiger partial charge >= 0.3 is 0 Å². The maximum absolute atomic E-state index is 9.10. The van der Waals surface area contributed by atoms with Gasteiger partial charge in [0.15, 0.2) is 0 Å². The minimum absolute atomic E-state index is 0.564. The average Bonchev–Trinajstić information content (AvgIpc) is 2.53. The van der Waals surface area contributed by atoms with Gasteiger partial charge < -0.3 is 10.3 Å². The number of anilines is 1. The van der Waals surface area contributed by atoms with Gasteiger partial charge in [0, 0.05) is 12.2 Å². The summed E-state index contributed by atoms with van der Waals surface area (Å²) in [7, 11) is 0. The molecule has 0 aliphatic heterocycles. The predicted octanol–water partition coefficient (Wildman–Crippen LogP) is 2.92. The molecule has 3 nitrogen and oxygen atoms in total. The molecule has 0 saturated heterocycles. The molecule has 2 rings (SSSR count). The van der Waals surface area contributed by atoms with Gasteiger partial charge in [-0.1, -0.05) is 29.8 Å². The number of aromatic nitrogens is 1. The molecule has 0 aliphatic rings. The molecule has 0 aliphatic carbocycles. The van der Waals surface area contributed by atoms with Gasteiger partial charge in [0.05, 0.1) is 5.56 Å². The summed E-state index contributed by atoms with van der Waals surface area (Å²) in [5.74, 6) is 0.564. The Labute approximate surface area is 107 Å². The molecule has 0 atom stereocenters. The molecule has 2 N–H and O–H groups in total. The van der Waals surface area contributed by atoms with Gasteiger partial charge in [0.1, 0.15) is 11.9 Å². The van der Waals surface area contributed by atoms with Gasteiger partial charge in [-0.2, -0.15) is 5.26 Å². The number of nitrogens with zero attached hydrogens (tertiary/aromatic N) is 2. The standard InChI is InChI=1S/C15H17N3/c1-10-5-4-6-13(7-10)9-18-12(3)11(2)14(8-16)15(18)17/h4-7H,9,17H2,1-3H3. The smallest absolute Gasteiger partial charge is 0.122 e. The second kappa shape index (κ2) is 4.58. The number of benzene rings is 1. The Morgan fingerprint density at radius 3 is 2.56 bits per heavy atom. The van der Waals surface area contributed by atoms with E-state index in [0.29, 0.717) is 17.9 Å². The number of nitriles is 1.